The predicted octanol–water partition coefficient (Wildman–Crippen LogP) is 10.3. The summed E-state index contributed by atoms with van der Waals surface area (Å²) >= 11 is 0. The average Bonchev–Trinajstić information content (AvgIpc) is 3.13. The van der Waals surface area contributed by atoms with Gasteiger partial charge >= 0.3 is 0 Å². The summed E-state index contributed by atoms with van der Waals surface area (Å²) in [6, 6.07) is 56.6. The Morgan fingerprint density at radius 1 is 0.304 bits per heavy atom. The summed E-state index contributed by atoms with van der Waals surface area (Å²) in [5.41, 5.74) is 14.8. The number of benzene rings is 7. The third kappa shape index (κ3) is 2.68. The molecule has 5 aliphatic rings. The summed E-state index contributed by atoms with van der Waals surface area (Å²) in [6.07, 6.45) is 0. The molecule has 2 nitrogen and oxygen atoms in total. The topological polar surface area (TPSA) is 18.5 Å². The Hall–Kier alpha value is -5.86. The van der Waals surface area contributed by atoms with E-state index in [9.17, 15) is 0 Å². The lowest BCUT2D eigenvalue weighted by Crippen LogP contribution is -2.58. The Morgan fingerprint density at radius 3 is 1.02 bits per heavy atom. The fourth-order valence-electron chi connectivity index (χ4n) is 8.98. The van der Waals surface area contributed by atoms with Crippen LogP contribution in [-0.4, -0.2) is 0 Å². The quantitative estimate of drug-likeness (QED) is 0.201. The highest BCUT2D eigenvalue weighted by molar-refractivity contribution is 6.09. The Kier molecular flexibility index (Phi) is 4.49. The lowest BCUT2D eigenvalue weighted by Gasteiger charge is -2.59. The molecule has 7 aromatic carbocycles. The van der Waals surface area contributed by atoms with Gasteiger partial charge in [-0.2, -0.15) is 0 Å². The van der Waals surface area contributed by atoms with E-state index in [2.05, 4.69) is 158 Å². The fourth-order valence-corrected chi connectivity index (χ4v) is 8.98. The van der Waals surface area contributed by atoms with Gasteiger partial charge < -0.3 is 9.47 Å². The van der Waals surface area contributed by atoms with Gasteiger partial charge in [0.05, 0.1) is 0 Å². The minimum absolute atomic E-state index is 0.850. The lowest BCUT2D eigenvalue weighted by molar-refractivity contribution is 0.0758. The zero-order valence-electron chi connectivity index (χ0n) is 24.8. The minimum atomic E-state index is -0.850. The van der Waals surface area contributed by atoms with Gasteiger partial charge in [-0.05, 0) is 34.4 Å². The lowest BCUT2D eigenvalue weighted by atomic mass is 9.51. The molecule has 2 aliphatic heterocycles. The van der Waals surface area contributed by atoms with Crippen molar-refractivity contribution in [3.63, 3.8) is 0 Å². The van der Waals surface area contributed by atoms with Gasteiger partial charge in [-0.3, -0.25) is 0 Å². The molecule has 0 atom stereocenters. The van der Waals surface area contributed by atoms with Gasteiger partial charge in [0.1, 0.15) is 11.5 Å². The molecule has 0 fully saturated rings. The predicted molar refractivity (Wildman–Crippen MR) is 182 cm³/mol. The van der Waals surface area contributed by atoms with Crippen molar-refractivity contribution in [2.24, 2.45) is 0 Å². The number of rotatable bonds is 2. The highest BCUT2D eigenvalue weighted by Crippen LogP contribution is 2.72. The van der Waals surface area contributed by atoms with E-state index in [-0.39, 0.29) is 0 Å². The maximum atomic E-state index is 7.50. The van der Waals surface area contributed by atoms with Crippen LogP contribution >= 0.6 is 0 Å². The van der Waals surface area contributed by atoms with Gasteiger partial charge in [0.15, 0.2) is 11.2 Å². The first kappa shape index (κ1) is 24.5. The van der Waals surface area contributed by atoms with Crippen molar-refractivity contribution in [3.8, 4) is 56.0 Å². The summed E-state index contributed by atoms with van der Waals surface area (Å²) in [4.78, 5) is 0. The zero-order valence-corrected chi connectivity index (χ0v) is 24.8. The summed E-state index contributed by atoms with van der Waals surface area (Å²) in [5.74, 6) is 1.78. The highest BCUT2D eigenvalue weighted by Gasteiger charge is 2.66. The van der Waals surface area contributed by atoms with Crippen LogP contribution in [0.25, 0.3) is 44.5 Å². The molecule has 0 aromatic heterocycles. The zero-order chi connectivity index (χ0) is 30.0. The van der Waals surface area contributed by atoms with Gasteiger partial charge in [-0.25, -0.2) is 0 Å². The summed E-state index contributed by atoms with van der Waals surface area (Å²) in [7, 11) is 0. The SMILES string of the molecule is c1ccc(-c2c(-c3ccccc3)c3c4c5c2-c2ccccc2OC52c5ccccc5C4(Oc4ccccc4-3)c3ccccc32)cc1. The van der Waals surface area contributed by atoms with Crippen LogP contribution < -0.4 is 9.47 Å². The van der Waals surface area contributed by atoms with E-state index in [1.165, 1.54) is 44.5 Å². The van der Waals surface area contributed by atoms with Gasteiger partial charge in [0.2, 0.25) is 0 Å². The van der Waals surface area contributed by atoms with Crippen LogP contribution in [0, 0.1) is 0 Å². The van der Waals surface area contributed by atoms with Crippen LogP contribution in [0.5, 0.6) is 11.5 Å². The molecule has 2 spiro atoms. The first-order chi connectivity index (χ1) is 22.8. The van der Waals surface area contributed by atoms with E-state index < -0.39 is 11.2 Å². The average molecular weight is 587 g/mol. The maximum Gasteiger partial charge on any atom is 0.186 e. The van der Waals surface area contributed by atoms with Crippen molar-refractivity contribution in [1.82, 2.24) is 0 Å². The second kappa shape index (κ2) is 8.44. The van der Waals surface area contributed by atoms with Crippen molar-refractivity contribution in [1.29, 1.82) is 0 Å². The molecule has 2 heterocycles. The molecule has 46 heavy (non-hydrogen) atoms. The molecule has 0 radical (unpaired) electrons. The number of hydrogen-bond acceptors (Lipinski definition) is 2. The first-order valence-corrected chi connectivity index (χ1v) is 15.9. The van der Waals surface area contributed by atoms with E-state index in [1.54, 1.807) is 0 Å². The van der Waals surface area contributed by atoms with Gasteiger partial charge in [-0.1, -0.05) is 146 Å². The van der Waals surface area contributed by atoms with E-state index in [4.69, 9.17) is 9.47 Å². The Bertz CT molecular complexity index is 2200. The second-order valence-electron chi connectivity index (χ2n) is 12.6. The summed E-state index contributed by atoms with van der Waals surface area (Å²) < 4.78 is 15.0. The van der Waals surface area contributed by atoms with E-state index in [0.717, 1.165) is 44.9 Å². The van der Waals surface area contributed by atoms with Crippen LogP contribution in [-0.2, 0) is 11.2 Å². The second-order valence-corrected chi connectivity index (χ2v) is 12.6. The van der Waals surface area contributed by atoms with Gasteiger partial charge in [-0.15, -0.1) is 0 Å². The van der Waals surface area contributed by atoms with Crippen LogP contribution in [0.3, 0.4) is 0 Å². The molecule has 12 rings (SSSR count). The van der Waals surface area contributed by atoms with Gasteiger partial charge in [0.25, 0.3) is 0 Å². The Labute approximate surface area is 267 Å². The van der Waals surface area contributed by atoms with Crippen molar-refractivity contribution < 1.29 is 9.47 Å². The number of fused-ring (bicyclic) bond motifs is 4. The van der Waals surface area contributed by atoms with E-state index in [1.807, 2.05) is 0 Å². The third-order valence-corrected chi connectivity index (χ3v) is 10.5. The number of hydrogen-bond donors (Lipinski definition) is 0. The molecule has 0 saturated carbocycles. The Balaban J connectivity index is 1.49. The normalized spacial score (nSPS) is 19.8. The largest absolute Gasteiger partial charge is 0.472 e. The van der Waals surface area contributed by atoms with E-state index in [0.29, 0.717) is 0 Å². The van der Waals surface area contributed by atoms with Crippen molar-refractivity contribution >= 4 is 0 Å². The molecule has 0 amide bonds. The summed E-state index contributed by atoms with van der Waals surface area (Å²) in [5, 5.41) is 0. The third-order valence-electron chi connectivity index (χ3n) is 10.5. The highest BCUT2D eigenvalue weighted by atomic mass is 16.5. The smallest absolute Gasteiger partial charge is 0.186 e. The minimum Gasteiger partial charge on any atom is -0.472 e. The maximum absolute atomic E-state index is 7.50. The number of ether oxygens (including phenoxy) is 2. The van der Waals surface area contributed by atoms with Crippen LogP contribution in [0.1, 0.15) is 33.4 Å². The first-order valence-electron chi connectivity index (χ1n) is 15.9. The molecule has 2 bridgehead atoms. The van der Waals surface area contributed by atoms with Crippen LogP contribution in [0.2, 0.25) is 0 Å². The van der Waals surface area contributed by atoms with E-state index >= 15 is 0 Å². The van der Waals surface area contributed by atoms with Crippen LogP contribution in [0.15, 0.2) is 158 Å². The van der Waals surface area contributed by atoms with Crippen LogP contribution in [0.4, 0.5) is 0 Å². The van der Waals surface area contributed by atoms with Crippen molar-refractivity contribution in [3.05, 3.63) is 191 Å². The molecular formula is C44H26O2. The molecule has 0 unspecified atom stereocenters. The summed E-state index contributed by atoms with van der Waals surface area (Å²) in [6.45, 7) is 0. The van der Waals surface area contributed by atoms with Crippen molar-refractivity contribution in [2.45, 2.75) is 11.2 Å². The Morgan fingerprint density at radius 2 is 0.630 bits per heavy atom. The molecular weight excluding hydrogens is 560 g/mol. The molecule has 0 N–H and O–H groups in total. The number of para-hydroxylation sites is 2. The monoisotopic (exact) mass is 586 g/mol. The molecule has 214 valence electrons. The van der Waals surface area contributed by atoms with Gasteiger partial charge in [0, 0.05) is 55.6 Å². The molecule has 2 heteroatoms. The molecule has 3 aliphatic carbocycles. The standard InChI is InChI=1S/C44H26O2/c1-3-15-27(16-4-1)37-38(28-17-5-2-6-18-28)40-30-20-8-14-26-36(30)46-44-33-23-11-9-21-31(33)43(32-22-10-12-24-34(32)44)41(42(40)44)39(37)29-19-7-13-25-35(29)45-43/h1-26H. The van der Waals surface area contributed by atoms with Crippen molar-refractivity contribution in [2.75, 3.05) is 0 Å². The molecule has 7 aromatic rings. The molecule has 0 saturated heterocycles. The fraction of sp³-hybridized carbons (Fsp3) is 0.0455.